The molecule has 2 aromatic carbocycles. The molecule has 0 fully saturated rings. The molecule has 1 aliphatic rings. The van der Waals surface area contributed by atoms with Crippen molar-refractivity contribution in [3.63, 3.8) is 0 Å². The predicted molar refractivity (Wildman–Crippen MR) is 81.5 cm³/mol. The first-order chi connectivity index (χ1) is 8.81. The van der Waals surface area contributed by atoms with Crippen LogP contribution in [0.2, 0.25) is 0 Å². The maximum Gasteiger partial charge on any atom is 0.161 e. The summed E-state index contributed by atoms with van der Waals surface area (Å²) in [6, 6.07) is 15.3. The van der Waals surface area contributed by atoms with E-state index in [1.165, 1.54) is 17.2 Å². The molecule has 1 atom stereocenters. The van der Waals surface area contributed by atoms with Crippen molar-refractivity contribution in [2.45, 2.75) is 19.4 Å². The van der Waals surface area contributed by atoms with Crippen LogP contribution in [0.1, 0.15) is 13.3 Å². The first-order valence-electron chi connectivity index (χ1n) is 6.28. The van der Waals surface area contributed by atoms with Crippen LogP contribution in [0.15, 0.2) is 47.5 Å². The Balaban J connectivity index is 1.86. The standard InChI is InChI=1S/C15H16N2S/c1-11-8-9-18-15(16-11)17-14-7-6-12-4-2-3-5-13(12)10-14/h2-7,10-11H,8-9H2,1H3,(H,16,17). The largest absolute Gasteiger partial charge is 0.335 e. The Hall–Kier alpha value is -1.48. The number of nitrogens with one attached hydrogen (secondary N) is 1. The third-order valence-corrected chi connectivity index (χ3v) is 4.03. The van der Waals surface area contributed by atoms with Crippen LogP contribution < -0.4 is 5.32 Å². The molecule has 3 rings (SSSR count). The molecular weight excluding hydrogens is 240 g/mol. The summed E-state index contributed by atoms with van der Waals surface area (Å²) in [4.78, 5) is 4.63. The Morgan fingerprint density at radius 1 is 1.17 bits per heavy atom. The van der Waals surface area contributed by atoms with Crippen LogP contribution in [-0.4, -0.2) is 17.0 Å². The topological polar surface area (TPSA) is 24.4 Å². The Labute approximate surface area is 112 Å². The minimum Gasteiger partial charge on any atom is -0.335 e. The van der Waals surface area contributed by atoms with E-state index in [0.717, 1.165) is 16.6 Å². The molecule has 2 aromatic rings. The molecule has 0 spiro atoms. The van der Waals surface area contributed by atoms with Crippen molar-refractivity contribution in [2.75, 3.05) is 11.1 Å². The summed E-state index contributed by atoms with van der Waals surface area (Å²) < 4.78 is 0. The molecule has 2 nitrogen and oxygen atoms in total. The average molecular weight is 256 g/mol. The quantitative estimate of drug-likeness (QED) is 0.829. The van der Waals surface area contributed by atoms with Crippen molar-refractivity contribution in [2.24, 2.45) is 4.99 Å². The molecule has 1 N–H and O–H groups in total. The zero-order chi connectivity index (χ0) is 12.4. The second-order valence-electron chi connectivity index (χ2n) is 4.61. The number of benzene rings is 2. The molecule has 3 heteroatoms. The highest BCUT2D eigenvalue weighted by Crippen LogP contribution is 2.22. The summed E-state index contributed by atoms with van der Waals surface area (Å²) in [7, 11) is 0. The molecule has 0 aliphatic carbocycles. The van der Waals surface area contributed by atoms with Crippen molar-refractivity contribution in [3.05, 3.63) is 42.5 Å². The second kappa shape index (κ2) is 5.02. The van der Waals surface area contributed by atoms with Gasteiger partial charge in [0, 0.05) is 11.4 Å². The van der Waals surface area contributed by atoms with E-state index in [1.54, 1.807) is 11.8 Å². The number of thioether (sulfide) groups is 1. The summed E-state index contributed by atoms with van der Waals surface area (Å²) in [5, 5.41) is 7.00. The lowest BCUT2D eigenvalue weighted by Gasteiger charge is -2.17. The molecule has 1 heterocycles. The minimum atomic E-state index is 0.439. The van der Waals surface area contributed by atoms with Crippen LogP contribution in [0.5, 0.6) is 0 Å². The SMILES string of the molecule is CC1CCSC(Nc2ccc3ccccc3c2)=N1. The van der Waals surface area contributed by atoms with Gasteiger partial charge in [0.2, 0.25) is 0 Å². The molecule has 1 aliphatic heterocycles. The van der Waals surface area contributed by atoms with E-state index in [-0.39, 0.29) is 0 Å². The number of amidine groups is 1. The normalized spacial score (nSPS) is 19.6. The predicted octanol–water partition coefficient (Wildman–Crippen LogP) is 4.13. The van der Waals surface area contributed by atoms with Crippen LogP contribution >= 0.6 is 11.8 Å². The fourth-order valence-corrected chi connectivity index (χ4v) is 3.18. The highest BCUT2D eigenvalue weighted by atomic mass is 32.2. The van der Waals surface area contributed by atoms with Gasteiger partial charge in [-0.3, -0.25) is 4.99 Å². The molecule has 0 aromatic heterocycles. The van der Waals surface area contributed by atoms with Gasteiger partial charge in [0.15, 0.2) is 5.17 Å². The molecule has 0 bridgehead atoms. The van der Waals surface area contributed by atoms with Gasteiger partial charge < -0.3 is 5.32 Å². The molecule has 0 saturated heterocycles. The van der Waals surface area contributed by atoms with E-state index < -0.39 is 0 Å². The van der Waals surface area contributed by atoms with Crippen LogP contribution in [0, 0.1) is 0 Å². The molecular formula is C15H16N2S. The van der Waals surface area contributed by atoms with Gasteiger partial charge in [-0.05, 0) is 36.2 Å². The third kappa shape index (κ3) is 2.51. The van der Waals surface area contributed by atoms with Crippen molar-refractivity contribution < 1.29 is 0 Å². The number of aliphatic imine (C=N–C) groups is 1. The van der Waals surface area contributed by atoms with Gasteiger partial charge in [-0.1, -0.05) is 42.1 Å². The maximum absolute atomic E-state index is 4.63. The van der Waals surface area contributed by atoms with E-state index in [1.807, 2.05) is 0 Å². The lowest BCUT2D eigenvalue weighted by atomic mass is 10.1. The number of anilines is 1. The molecule has 92 valence electrons. The third-order valence-electron chi connectivity index (χ3n) is 3.11. The Bertz CT molecular complexity index is 592. The lowest BCUT2D eigenvalue weighted by Crippen LogP contribution is -2.17. The number of hydrogen-bond acceptors (Lipinski definition) is 3. The number of fused-ring (bicyclic) bond motifs is 1. The van der Waals surface area contributed by atoms with Gasteiger partial charge in [0.1, 0.15) is 0 Å². The Morgan fingerprint density at radius 3 is 2.83 bits per heavy atom. The summed E-state index contributed by atoms with van der Waals surface area (Å²) in [6.45, 7) is 2.17. The minimum absolute atomic E-state index is 0.439. The van der Waals surface area contributed by atoms with Crippen LogP contribution in [-0.2, 0) is 0 Å². The van der Waals surface area contributed by atoms with Gasteiger partial charge >= 0.3 is 0 Å². The summed E-state index contributed by atoms with van der Waals surface area (Å²) in [5.74, 6) is 1.15. The fraction of sp³-hybridized carbons (Fsp3) is 0.267. The lowest BCUT2D eigenvalue weighted by molar-refractivity contribution is 0.720. The van der Waals surface area contributed by atoms with Crippen molar-refractivity contribution in [3.8, 4) is 0 Å². The summed E-state index contributed by atoms with van der Waals surface area (Å²) >= 11 is 1.81. The van der Waals surface area contributed by atoms with Crippen molar-refractivity contribution in [1.82, 2.24) is 0 Å². The fourth-order valence-electron chi connectivity index (χ4n) is 2.09. The Kier molecular flexibility index (Phi) is 3.24. The highest BCUT2D eigenvalue weighted by Gasteiger charge is 2.11. The van der Waals surface area contributed by atoms with E-state index in [0.29, 0.717) is 6.04 Å². The highest BCUT2D eigenvalue weighted by molar-refractivity contribution is 8.14. The molecule has 0 saturated carbocycles. The molecule has 1 unspecified atom stereocenters. The molecule has 18 heavy (non-hydrogen) atoms. The number of hydrogen-bond donors (Lipinski definition) is 1. The summed E-state index contributed by atoms with van der Waals surface area (Å²) in [5.41, 5.74) is 1.12. The van der Waals surface area contributed by atoms with Crippen LogP contribution in [0.4, 0.5) is 5.69 Å². The molecule has 0 amide bonds. The zero-order valence-corrected chi connectivity index (χ0v) is 11.2. The molecule has 0 radical (unpaired) electrons. The van der Waals surface area contributed by atoms with Gasteiger partial charge in [0.05, 0.1) is 6.04 Å². The van der Waals surface area contributed by atoms with E-state index in [2.05, 4.69) is 59.7 Å². The van der Waals surface area contributed by atoms with Crippen molar-refractivity contribution >= 4 is 33.4 Å². The van der Waals surface area contributed by atoms with E-state index in [9.17, 15) is 0 Å². The van der Waals surface area contributed by atoms with Gasteiger partial charge in [0.25, 0.3) is 0 Å². The van der Waals surface area contributed by atoms with Crippen LogP contribution in [0.25, 0.3) is 10.8 Å². The number of rotatable bonds is 1. The zero-order valence-electron chi connectivity index (χ0n) is 10.4. The van der Waals surface area contributed by atoms with Crippen LogP contribution in [0.3, 0.4) is 0 Å². The summed E-state index contributed by atoms with van der Waals surface area (Å²) in [6.07, 6.45) is 1.17. The van der Waals surface area contributed by atoms with Crippen molar-refractivity contribution in [1.29, 1.82) is 0 Å². The van der Waals surface area contributed by atoms with E-state index >= 15 is 0 Å². The first-order valence-corrected chi connectivity index (χ1v) is 7.26. The average Bonchev–Trinajstić information content (AvgIpc) is 2.39. The Morgan fingerprint density at radius 2 is 2.00 bits per heavy atom. The maximum atomic E-state index is 4.63. The van der Waals surface area contributed by atoms with Gasteiger partial charge in [-0.25, -0.2) is 0 Å². The van der Waals surface area contributed by atoms with Gasteiger partial charge in [-0.15, -0.1) is 0 Å². The monoisotopic (exact) mass is 256 g/mol. The second-order valence-corrected chi connectivity index (χ2v) is 5.69. The first kappa shape index (κ1) is 11.6. The smallest absolute Gasteiger partial charge is 0.161 e. The van der Waals surface area contributed by atoms with Gasteiger partial charge in [-0.2, -0.15) is 0 Å². The number of nitrogens with zero attached hydrogens (tertiary/aromatic N) is 1. The van der Waals surface area contributed by atoms with E-state index in [4.69, 9.17) is 0 Å².